The van der Waals surface area contributed by atoms with Gasteiger partial charge in [0, 0.05) is 5.56 Å². The van der Waals surface area contributed by atoms with Gasteiger partial charge in [0.2, 0.25) is 0 Å². The molecule has 0 spiro atoms. The van der Waals surface area contributed by atoms with E-state index in [1.807, 2.05) is 24.3 Å². The van der Waals surface area contributed by atoms with Crippen LogP contribution in [0, 0.1) is 17.7 Å². The second-order valence-corrected chi connectivity index (χ2v) is 9.25. The number of unbranched alkanes of at least 4 members (excludes halogenated alkanes) is 3. The molecular formula is C27H39FN2. The molecule has 3 rings (SSSR count). The Morgan fingerprint density at radius 1 is 0.800 bits per heavy atom. The molecule has 1 aliphatic rings. The summed E-state index contributed by atoms with van der Waals surface area (Å²) in [5.41, 5.74) is 3.29. The van der Waals surface area contributed by atoms with Crippen LogP contribution in [0.15, 0.2) is 30.3 Å². The number of benzene rings is 1. The first-order valence-electron chi connectivity index (χ1n) is 12.3. The lowest BCUT2D eigenvalue weighted by molar-refractivity contribution is 0.249. The van der Waals surface area contributed by atoms with Gasteiger partial charge in [-0.2, -0.15) is 10.2 Å². The normalized spacial score (nSPS) is 19.2. The predicted octanol–water partition coefficient (Wildman–Crippen LogP) is 7.94. The Kier molecular flexibility index (Phi) is 9.29. The van der Waals surface area contributed by atoms with Crippen LogP contribution < -0.4 is 0 Å². The molecule has 164 valence electrons. The molecule has 30 heavy (non-hydrogen) atoms. The number of halogens is 1. The zero-order valence-electron chi connectivity index (χ0n) is 19.0. The Hall–Kier alpha value is -1.77. The molecule has 1 aromatic carbocycles. The summed E-state index contributed by atoms with van der Waals surface area (Å²) < 4.78 is 14.6. The number of aryl methyl sites for hydroxylation is 2. The highest BCUT2D eigenvalue weighted by Gasteiger charge is 2.20. The molecule has 0 radical (unpaired) electrons. The van der Waals surface area contributed by atoms with E-state index >= 15 is 0 Å². The smallest absolute Gasteiger partial charge is 0.132 e. The minimum absolute atomic E-state index is 0.189. The molecule has 3 heteroatoms. The fraction of sp³-hybridized carbons (Fsp3) is 0.630. The van der Waals surface area contributed by atoms with E-state index in [9.17, 15) is 4.39 Å². The molecule has 1 heterocycles. The zero-order chi connectivity index (χ0) is 21.2. The molecule has 1 aromatic heterocycles. The van der Waals surface area contributed by atoms with E-state index in [1.54, 1.807) is 6.07 Å². The number of hydrogen-bond donors (Lipinski definition) is 0. The van der Waals surface area contributed by atoms with Gasteiger partial charge in [-0.25, -0.2) is 4.39 Å². The average molecular weight is 411 g/mol. The largest absolute Gasteiger partial charge is 0.206 e. The minimum atomic E-state index is -0.189. The summed E-state index contributed by atoms with van der Waals surface area (Å²) in [5.74, 6) is 1.61. The van der Waals surface area contributed by atoms with Crippen molar-refractivity contribution in [3.05, 3.63) is 47.4 Å². The lowest BCUT2D eigenvalue weighted by atomic mass is 9.78. The average Bonchev–Trinajstić information content (AvgIpc) is 2.78. The SMILES string of the molecule is CCCCCc1ccc(-c2ccc(CCC3CCC(CCCC)CC3)nn2)c(F)c1. The van der Waals surface area contributed by atoms with Crippen molar-refractivity contribution in [1.29, 1.82) is 0 Å². The van der Waals surface area contributed by atoms with Gasteiger partial charge in [-0.3, -0.25) is 0 Å². The fourth-order valence-corrected chi connectivity index (χ4v) is 4.79. The first-order chi connectivity index (χ1) is 14.7. The molecule has 1 fully saturated rings. The topological polar surface area (TPSA) is 25.8 Å². The molecule has 0 N–H and O–H groups in total. The van der Waals surface area contributed by atoms with Gasteiger partial charge in [-0.1, -0.05) is 77.7 Å². The summed E-state index contributed by atoms with van der Waals surface area (Å²) in [6, 6.07) is 9.51. The summed E-state index contributed by atoms with van der Waals surface area (Å²) in [7, 11) is 0. The molecule has 0 atom stereocenters. The lowest BCUT2D eigenvalue weighted by Gasteiger charge is -2.28. The minimum Gasteiger partial charge on any atom is -0.206 e. The number of aromatic nitrogens is 2. The second kappa shape index (κ2) is 12.2. The van der Waals surface area contributed by atoms with Crippen LogP contribution in [0.5, 0.6) is 0 Å². The van der Waals surface area contributed by atoms with E-state index in [0.717, 1.165) is 42.4 Å². The number of nitrogens with zero attached hydrogens (tertiary/aromatic N) is 2. The van der Waals surface area contributed by atoms with Crippen LogP contribution in [0.2, 0.25) is 0 Å². The standard InChI is InChI=1S/C27H39FN2/c1-3-5-7-9-23-15-18-25(26(28)20-23)27-19-17-24(29-30-27)16-14-22-12-10-21(11-13-22)8-6-4-2/h15,17-22H,3-14,16H2,1-2H3. The summed E-state index contributed by atoms with van der Waals surface area (Å²) in [5, 5.41) is 8.74. The predicted molar refractivity (Wildman–Crippen MR) is 124 cm³/mol. The maximum Gasteiger partial charge on any atom is 0.132 e. The van der Waals surface area contributed by atoms with Crippen LogP contribution in [0.25, 0.3) is 11.3 Å². The van der Waals surface area contributed by atoms with Crippen LogP contribution in [0.4, 0.5) is 4.39 Å². The molecule has 2 nitrogen and oxygen atoms in total. The number of hydrogen-bond acceptors (Lipinski definition) is 2. The Balaban J connectivity index is 1.48. The van der Waals surface area contributed by atoms with E-state index in [0.29, 0.717) is 11.3 Å². The van der Waals surface area contributed by atoms with Crippen molar-refractivity contribution in [2.24, 2.45) is 11.8 Å². The van der Waals surface area contributed by atoms with E-state index in [-0.39, 0.29) is 5.82 Å². The van der Waals surface area contributed by atoms with Crippen LogP contribution in [0.1, 0.15) is 95.7 Å². The summed E-state index contributed by atoms with van der Waals surface area (Å²) in [4.78, 5) is 0. The fourth-order valence-electron chi connectivity index (χ4n) is 4.79. The van der Waals surface area contributed by atoms with Crippen molar-refractivity contribution in [3.8, 4) is 11.3 Å². The second-order valence-electron chi connectivity index (χ2n) is 9.25. The Morgan fingerprint density at radius 2 is 1.53 bits per heavy atom. The van der Waals surface area contributed by atoms with Gasteiger partial charge in [0.05, 0.1) is 11.4 Å². The molecular weight excluding hydrogens is 371 g/mol. The van der Waals surface area contributed by atoms with Gasteiger partial charge in [0.25, 0.3) is 0 Å². The van der Waals surface area contributed by atoms with Gasteiger partial charge in [-0.05, 0) is 67.3 Å². The summed E-state index contributed by atoms with van der Waals surface area (Å²) >= 11 is 0. The van der Waals surface area contributed by atoms with Crippen LogP contribution in [-0.4, -0.2) is 10.2 Å². The highest BCUT2D eigenvalue weighted by molar-refractivity contribution is 5.59. The number of rotatable bonds is 11. The van der Waals surface area contributed by atoms with Gasteiger partial charge >= 0.3 is 0 Å². The third-order valence-electron chi connectivity index (χ3n) is 6.84. The zero-order valence-corrected chi connectivity index (χ0v) is 19.0. The maximum absolute atomic E-state index is 14.6. The van der Waals surface area contributed by atoms with Crippen LogP contribution in [0.3, 0.4) is 0 Å². The van der Waals surface area contributed by atoms with Crippen molar-refractivity contribution in [2.45, 2.75) is 97.3 Å². The molecule has 0 bridgehead atoms. The first-order valence-corrected chi connectivity index (χ1v) is 12.3. The molecule has 2 aromatic rings. The molecule has 1 saturated carbocycles. The van der Waals surface area contributed by atoms with E-state index < -0.39 is 0 Å². The highest BCUT2D eigenvalue weighted by atomic mass is 19.1. The maximum atomic E-state index is 14.6. The van der Waals surface area contributed by atoms with E-state index in [1.165, 1.54) is 64.2 Å². The monoisotopic (exact) mass is 410 g/mol. The quantitative estimate of drug-likeness (QED) is 0.351. The van der Waals surface area contributed by atoms with Crippen molar-refractivity contribution >= 4 is 0 Å². The van der Waals surface area contributed by atoms with E-state index in [4.69, 9.17) is 0 Å². The van der Waals surface area contributed by atoms with Gasteiger partial charge in [0.1, 0.15) is 5.82 Å². The lowest BCUT2D eigenvalue weighted by Crippen LogP contribution is -2.15. The molecule has 1 aliphatic carbocycles. The van der Waals surface area contributed by atoms with Crippen molar-refractivity contribution in [2.75, 3.05) is 0 Å². The Bertz CT molecular complexity index is 748. The molecule has 0 unspecified atom stereocenters. The van der Waals surface area contributed by atoms with E-state index in [2.05, 4.69) is 24.0 Å². The van der Waals surface area contributed by atoms with Crippen molar-refractivity contribution < 1.29 is 4.39 Å². The molecule has 0 amide bonds. The Labute approximate surface area is 182 Å². The molecule has 0 aliphatic heterocycles. The third-order valence-corrected chi connectivity index (χ3v) is 6.84. The van der Waals surface area contributed by atoms with Crippen LogP contribution in [-0.2, 0) is 12.8 Å². The van der Waals surface area contributed by atoms with Gasteiger partial charge < -0.3 is 0 Å². The highest BCUT2D eigenvalue weighted by Crippen LogP contribution is 2.34. The van der Waals surface area contributed by atoms with Crippen molar-refractivity contribution in [1.82, 2.24) is 10.2 Å². The summed E-state index contributed by atoms with van der Waals surface area (Å²) in [6.07, 6.45) is 16.3. The third kappa shape index (κ3) is 6.89. The van der Waals surface area contributed by atoms with Crippen molar-refractivity contribution in [3.63, 3.8) is 0 Å². The van der Waals surface area contributed by atoms with Gasteiger partial charge in [0.15, 0.2) is 0 Å². The van der Waals surface area contributed by atoms with Crippen LogP contribution >= 0.6 is 0 Å². The summed E-state index contributed by atoms with van der Waals surface area (Å²) in [6.45, 7) is 4.47. The first kappa shape index (κ1) is 22.9. The Morgan fingerprint density at radius 3 is 2.17 bits per heavy atom. The van der Waals surface area contributed by atoms with Gasteiger partial charge in [-0.15, -0.1) is 0 Å². The molecule has 0 saturated heterocycles.